The van der Waals surface area contributed by atoms with Gasteiger partial charge in [0, 0.05) is 17.7 Å². The lowest BCUT2D eigenvalue weighted by molar-refractivity contribution is 0.482. The molecule has 7 rings (SSSR count). The topological polar surface area (TPSA) is 46.3 Å². The van der Waals surface area contributed by atoms with E-state index in [1.807, 2.05) is 93.6 Å². The molecule has 0 fully saturated rings. The number of benzene rings is 6. The van der Waals surface area contributed by atoms with Gasteiger partial charge >= 0.3 is 0 Å². The number of phenols is 1. The molecule has 6 aromatic carbocycles. The van der Waals surface area contributed by atoms with Crippen molar-refractivity contribution in [2.24, 2.45) is 0 Å². The Morgan fingerprint density at radius 3 is 1.56 bits per heavy atom. The van der Waals surface area contributed by atoms with E-state index in [-0.39, 0.29) is 0 Å². The molecular formula is C38H45NO2. The van der Waals surface area contributed by atoms with Crippen molar-refractivity contribution in [1.29, 1.82) is 0 Å². The lowest BCUT2D eigenvalue weighted by atomic mass is 9.94. The maximum atomic E-state index is 9.95. The Hall–Kier alpha value is -4.37. The number of phenolic OH excluding ortho intramolecular Hbond substituents is 1. The van der Waals surface area contributed by atoms with Crippen molar-refractivity contribution in [3.05, 3.63) is 121 Å². The molecule has 1 N–H and O–H groups in total. The van der Waals surface area contributed by atoms with Crippen LogP contribution >= 0.6 is 0 Å². The van der Waals surface area contributed by atoms with Crippen molar-refractivity contribution in [3.63, 3.8) is 0 Å². The summed E-state index contributed by atoms with van der Waals surface area (Å²) in [5.74, 6) is 1.08. The molecule has 0 amide bonds. The van der Waals surface area contributed by atoms with Gasteiger partial charge in [0.2, 0.25) is 0 Å². The van der Waals surface area contributed by atoms with Crippen molar-refractivity contribution < 1.29 is 9.52 Å². The Bertz CT molecular complexity index is 1590. The molecule has 1 heterocycles. The lowest BCUT2D eigenvalue weighted by Crippen LogP contribution is -1.83. The number of hydrogen-bond donors (Lipinski definition) is 1. The number of aromatic nitrogens is 1. The van der Waals surface area contributed by atoms with E-state index in [2.05, 4.69) is 69.1 Å². The highest BCUT2D eigenvalue weighted by Gasteiger charge is 2.09. The van der Waals surface area contributed by atoms with Gasteiger partial charge in [-0.3, -0.25) is 0 Å². The minimum atomic E-state index is 0.357. The van der Waals surface area contributed by atoms with Crippen LogP contribution in [0.3, 0.4) is 0 Å². The average molecular weight is 548 g/mol. The Labute approximate surface area is 245 Å². The molecular weight excluding hydrogens is 502 g/mol. The third-order valence-corrected chi connectivity index (χ3v) is 5.57. The van der Waals surface area contributed by atoms with Crippen molar-refractivity contribution in [2.75, 3.05) is 0 Å². The average Bonchev–Trinajstić information content (AvgIpc) is 3.40. The minimum Gasteiger partial charge on any atom is -0.507 e. The van der Waals surface area contributed by atoms with Crippen LogP contribution in [0.1, 0.15) is 60.3 Å². The van der Waals surface area contributed by atoms with Gasteiger partial charge in [-0.25, -0.2) is 4.98 Å². The molecule has 0 aliphatic rings. The van der Waals surface area contributed by atoms with E-state index in [1.54, 1.807) is 6.07 Å². The quantitative estimate of drug-likeness (QED) is 0.192. The first-order valence-electron chi connectivity index (χ1n) is 14.7. The molecule has 41 heavy (non-hydrogen) atoms. The predicted molar refractivity (Wildman–Crippen MR) is 180 cm³/mol. The van der Waals surface area contributed by atoms with Gasteiger partial charge in [-0.15, -0.1) is 0 Å². The molecule has 0 radical (unpaired) electrons. The third-order valence-electron chi connectivity index (χ3n) is 5.57. The number of hydrogen-bond acceptors (Lipinski definition) is 3. The molecule has 0 saturated heterocycles. The van der Waals surface area contributed by atoms with Crippen LogP contribution in [0.4, 0.5) is 0 Å². The van der Waals surface area contributed by atoms with E-state index >= 15 is 0 Å². The molecule has 0 spiro atoms. The van der Waals surface area contributed by atoms with E-state index in [9.17, 15) is 5.11 Å². The molecule has 3 nitrogen and oxygen atoms in total. The summed E-state index contributed by atoms with van der Waals surface area (Å²) in [5.41, 5.74) is 1.79. The smallest absolute Gasteiger partial charge is 0.192 e. The van der Waals surface area contributed by atoms with Crippen LogP contribution in [0.2, 0.25) is 0 Å². The summed E-state index contributed by atoms with van der Waals surface area (Å²) >= 11 is 0. The first kappa shape index (κ1) is 32.8. The second-order valence-corrected chi connectivity index (χ2v) is 9.21. The molecule has 0 aliphatic heterocycles. The third kappa shape index (κ3) is 9.36. The van der Waals surface area contributed by atoms with Gasteiger partial charge in [0.05, 0.1) is 0 Å². The number of nitrogens with zero attached hydrogens (tertiary/aromatic N) is 1. The largest absolute Gasteiger partial charge is 0.507 e. The van der Waals surface area contributed by atoms with Gasteiger partial charge in [-0.05, 0) is 39.7 Å². The zero-order valence-electron chi connectivity index (χ0n) is 25.7. The summed E-state index contributed by atoms with van der Waals surface area (Å²) in [6.07, 6.45) is 2.50. The van der Waals surface area contributed by atoms with Gasteiger partial charge in [0.15, 0.2) is 11.5 Å². The molecule has 0 bridgehead atoms. The number of para-hydroxylation sites is 2. The summed E-state index contributed by atoms with van der Waals surface area (Å²) in [6.45, 7) is 14.3. The fraction of sp³-hybridized carbons (Fsp3) is 0.237. The van der Waals surface area contributed by atoms with Crippen molar-refractivity contribution in [3.8, 4) is 5.75 Å². The van der Waals surface area contributed by atoms with Gasteiger partial charge < -0.3 is 9.52 Å². The van der Waals surface area contributed by atoms with Crippen molar-refractivity contribution in [1.82, 2.24) is 4.98 Å². The fourth-order valence-electron chi connectivity index (χ4n) is 4.09. The van der Waals surface area contributed by atoms with Crippen LogP contribution in [0.5, 0.6) is 5.75 Å². The molecule has 3 heteroatoms. The predicted octanol–water partition coefficient (Wildman–Crippen LogP) is 12.0. The zero-order valence-corrected chi connectivity index (χ0v) is 25.7. The number of fused-ring (bicyclic) bond motifs is 1. The highest BCUT2D eigenvalue weighted by Crippen LogP contribution is 2.37. The van der Waals surface area contributed by atoms with Gasteiger partial charge in [0.1, 0.15) is 11.3 Å². The molecule has 0 atom stereocenters. The van der Waals surface area contributed by atoms with E-state index in [1.165, 1.54) is 39.8 Å². The zero-order chi connectivity index (χ0) is 30.0. The van der Waals surface area contributed by atoms with Gasteiger partial charge in [0.25, 0.3) is 0 Å². The van der Waals surface area contributed by atoms with Gasteiger partial charge in [-0.1, -0.05) is 151 Å². The maximum absolute atomic E-state index is 9.95. The second kappa shape index (κ2) is 18.1. The maximum Gasteiger partial charge on any atom is 0.192 e. The summed E-state index contributed by atoms with van der Waals surface area (Å²) in [6, 6.07) is 38.1. The first-order chi connectivity index (χ1) is 20.0. The number of oxazole rings is 1. The Morgan fingerprint density at radius 1 is 0.561 bits per heavy atom. The molecule has 0 unspecified atom stereocenters. The van der Waals surface area contributed by atoms with Crippen LogP contribution in [-0.2, 0) is 0 Å². The lowest BCUT2D eigenvalue weighted by Gasteiger charge is -2.11. The summed E-state index contributed by atoms with van der Waals surface area (Å²) in [4.78, 5) is 4.15. The number of aryl methyl sites for hydroxylation is 1. The Morgan fingerprint density at radius 2 is 1.02 bits per heavy atom. The second-order valence-electron chi connectivity index (χ2n) is 9.21. The van der Waals surface area contributed by atoms with Crippen LogP contribution in [0.15, 0.2) is 120 Å². The normalized spacial score (nSPS) is 9.63. The van der Waals surface area contributed by atoms with Crippen molar-refractivity contribution >= 4 is 43.4 Å². The van der Waals surface area contributed by atoms with E-state index in [0.717, 1.165) is 22.4 Å². The SMILES string of the molecule is CC.CCC.CCC.Cc1nc2ccccc2o1.Oc1ccc2ccc3cccc4ccc1c2c34.c1ccccc1. The standard InChI is InChI=1S/C16H10O.C8H7NO.C6H6.2C3H8.C2H6/c17-14-9-7-12-5-4-10-2-1-3-11-6-8-13(14)16(12)15(10)11;1-6-9-7-4-2-3-5-8(7)10-6;1-2-4-6-5-3-1;2*1-3-2;1-2/h1-9,17H;2-5H,1H3;1-6H;2*3H2,1-2H3;1-2H3. The van der Waals surface area contributed by atoms with Crippen LogP contribution in [0, 0.1) is 6.92 Å². The van der Waals surface area contributed by atoms with Crippen LogP contribution < -0.4 is 0 Å². The molecule has 0 aliphatic carbocycles. The Kier molecular flexibility index (Phi) is 14.5. The first-order valence-corrected chi connectivity index (χ1v) is 14.7. The summed E-state index contributed by atoms with van der Waals surface area (Å²) < 4.78 is 5.26. The fourth-order valence-corrected chi connectivity index (χ4v) is 4.09. The van der Waals surface area contributed by atoms with Crippen LogP contribution in [-0.4, -0.2) is 10.1 Å². The monoisotopic (exact) mass is 547 g/mol. The minimum absolute atomic E-state index is 0.357. The van der Waals surface area contributed by atoms with Crippen LogP contribution in [0.25, 0.3) is 43.4 Å². The van der Waals surface area contributed by atoms with Crippen molar-refractivity contribution in [2.45, 2.75) is 61.3 Å². The molecule has 7 aromatic rings. The molecule has 0 saturated carbocycles. The highest BCUT2D eigenvalue weighted by molar-refractivity contribution is 6.24. The van der Waals surface area contributed by atoms with Gasteiger partial charge in [-0.2, -0.15) is 0 Å². The number of aromatic hydroxyl groups is 1. The van der Waals surface area contributed by atoms with E-state index in [0.29, 0.717) is 5.75 Å². The van der Waals surface area contributed by atoms with E-state index < -0.39 is 0 Å². The number of rotatable bonds is 0. The Balaban J connectivity index is 0.000000209. The highest BCUT2D eigenvalue weighted by atomic mass is 16.3. The summed E-state index contributed by atoms with van der Waals surface area (Å²) in [5, 5.41) is 16.9. The molecule has 1 aromatic heterocycles. The van der Waals surface area contributed by atoms with E-state index in [4.69, 9.17) is 4.42 Å². The molecule has 214 valence electrons. The summed E-state index contributed by atoms with van der Waals surface area (Å²) in [7, 11) is 0.